The highest BCUT2D eigenvalue weighted by Crippen LogP contribution is 2.33. The van der Waals surface area contributed by atoms with Crippen LogP contribution in [0.25, 0.3) is 22.4 Å². The van der Waals surface area contributed by atoms with Crippen LogP contribution in [0.1, 0.15) is 18.4 Å². The zero-order valence-corrected chi connectivity index (χ0v) is 20.4. The van der Waals surface area contributed by atoms with Gasteiger partial charge in [0.05, 0.1) is 35.2 Å². The van der Waals surface area contributed by atoms with Gasteiger partial charge in [0.1, 0.15) is 5.82 Å². The minimum atomic E-state index is -0.00765. The summed E-state index contributed by atoms with van der Waals surface area (Å²) < 4.78 is 5.39. The SMILES string of the molecule is Cc1ccc2[nH]c(-c3cc(N4CCC[C@H](C(=O)NCCN5CCOCC5)C4)ccc3Cl)nc2c1. The molecule has 0 radical (unpaired) electrons. The number of H-pyrrole nitrogens is 1. The highest BCUT2D eigenvalue weighted by atomic mass is 35.5. The summed E-state index contributed by atoms with van der Waals surface area (Å²) in [5.41, 5.74) is 5.05. The van der Waals surface area contributed by atoms with E-state index in [2.05, 4.69) is 45.2 Å². The number of piperidine rings is 1. The Kier molecular flexibility index (Phi) is 7.04. The number of halogens is 1. The number of morpholine rings is 1. The molecule has 0 unspecified atom stereocenters. The zero-order chi connectivity index (χ0) is 23.5. The molecule has 0 aliphatic carbocycles. The van der Waals surface area contributed by atoms with Gasteiger partial charge in [-0.3, -0.25) is 9.69 Å². The van der Waals surface area contributed by atoms with Crippen molar-refractivity contribution in [2.45, 2.75) is 19.8 Å². The molecule has 3 aromatic rings. The molecule has 1 aromatic heterocycles. The summed E-state index contributed by atoms with van der Waals surface area (Å²) >= 11 is 6.57. The van der Waals surface area contributed by atoms with Gasteiger partial charge in [-0.05, 0) is 55.7 Å². The van der Waals surface area contributed by atoms with Crippen LogP contribution < -0.4 is 10.2 Å². The van der Waals surface area contributed by atoms with E-state index >= 15 is 0 Å². The average Bonchev–Trinajstić information content (AvgIpc) is 3.28. The number of imidazole rings is 1. The molecule has 5 rings (SSSR count). The normalized spacial score (nSPS) is 19.5. The molecule has 2 N–H and O–H groups in total. The van der Waals surface area contributed by atoms with Crippen molar-refractivity contribution < 1.29 is 9.53 Å². The molecule has 2 fully saturated rings. The van der Waals surface area contributed by atoms with E-state index in [1.54, 1.807) is 0 Å². The monoisotopic (exact) mass is 481 g/mol. The Hall–Kier alpha value is -2.61. The third-order valence-electron chi connectivity index (χ3n) is 6.83. The number of aromatic amines is 1. The number of fused-ring (bicyclic) bond motifs is 1. The van der Waals surface area contributed by atoms with E-state index in [9.17, 15) is 4.79 Å². The summed E-state index contributed by atoms with van der Waals surface area (Å²) in [5.74, 6) is 0.911. The molecular formula is C26H32ClN5O2. The maximum Gasteiger partial charge on any atom is 0.224 e. The van der Waals surface area contributed by atoms with E-state index in [0.717, 1.165) is 80.3 Å². The van der Waals surface area contributed by atoms with Crippen molar-refractivity contribution in [1.29, 1.82) is 0 Å². The fraction of sp³-hybridized carbons (Fsp3) is 0.462. The van der Waals surface area contributed by atoms with E-state index in [1.165, 1.54) is 5.56 Å². The number of ether oxygens (including phenoxy) is 1. The lowest BCUT2D eigenvalue weighted by Crippen LogP contribution is -2.46. The Morgan fingerprint density at radius 1 is 1.21 bits per heavy atom. The molecule has 0 spiro atoms. The standard InChI is InChI=1S/C26H32ClN5O2/c1-18-4-7-23-24(15-18)30-25(29-23)21-16-20(5-6-22(21)27)32-9-2-3-19(17-32)26(33)28-8-10-31-11-13-34-14-12-31/h4-7,15-16,19H,2-3,8-14,17H2,1H3,(H,28,33)(H,29,30)/t19-/m0/s1. The number of nitrogens with zero attached hydrogens (tertiary/aromatic N) is 3. The number of hydrogen-bond acceptors (Lipinski definition) is 5. The Balaban J connectivity index is 1.25. The fourth-order valence-electron chi connectivity index (χ4n) is 4.87. The molecule has 2 aliphatic heterocycles. The van der Waals surface area contributed by atoms with Crippen molar-refractivity contribution in [1.82, 2.24) is 20.2 Å². The number of rotatable bonds is 6. The van der Waals surface area contributed by atoms with Gasteiger partial charge in [0.15, 0.2) is 0 Å². The number of benzene rings is 2. The second kappa shape index (κ2) is 10.3. The maximum atomic E-state index is 12.9. The Labute approximate surface area is 205 Å². The van der Waals surface area contributed by atoms with E-state index < -0.39 is 0 Å². The van der Waals surface area contributed by atoms with Crippen molar-refractivity contribution >= 4 is 34.2 Å². The Morgan fingerprint density at radius 2 is 2.06 bits per heavy atom. The van der Waals surface area contributed by atoms with E-state index in [4.69, 9.17) is 21.3 Å². The van der Waals surface area contributed by atoms with Crippen molar-refractivity contribution in [3.63, 3.8) is 0 Å². The average molecular weight is 482 g/mol. The quantitative estimate of drug-likeness (QED) is 0.559. The van der Waals surface area contributed by atoms with Gasteiger partial charge in [0, 0.05) is 50.5 Å². The summed E-state index contributed by atoms with van der Waals surface area (Å²) in [6.45, 7) is 8.71. The molecule has 1 atom stereocenters. The number of carbonyl (C=O) groups is 1. The predicted octanol–water partition coefficient (Wildman–Crippen LogP) is 3.86. The highest BCUT2D eigenvalue weighted by molar-refractivity contribution is 6.33. The topological polar surface area (TPSA) is 73.5 Å². The summed E-state index contributed by atoms with van der Waals surface area (Å²) in [6.07, 6.45) is 1.91. The van der Waals surface area contributed by atoms with Gasteiger partial charge in [-0.1, -0.05) is 17.7 Å². The van der Waals surface area contributed by atoms with Crippen LogP contribution in [0.4, 0.5) is 5.69 Å². The first-order valence-electron chi connectivity index (χ1n) is 12.2. The minimum Gasteiger partial charge on any atom is -0.379 e. The molecular weight excluding hydrogens is 450 g/mol. The number of hydrogen-bond donors (Lipinski definition) is 2. The molecule has 34 heavy (non-hydrogen) atoms. The molecule has 0 saturated carbocycles. The number of carbonyl (C=O) groups excluding carboxylic acids is 1. The van der Waals surface area contributed by atoms with Gasteiger partial charge in [-0.2, -0.15) is 0 Å². The lowest BCUT2D eigenvalue weighted by atomic mass is 9.96. The Morgan fingerprint density at radius 3 is 2.91 bits per heavy atom. The maximum absolute atomic E-state index is 12.9. The third-order valence-corrected chi connectivity index (χ3v) is 7.16. The zero-order valence-electron chi connectivity index (χ0n) is 19.6. The second-order valence-electron chi connectivity index (χ2n) is 9.30. The van der Waals surface area contributed by atoms with Crippen molar-refractivity contribution in [2.24, 2.45) is 5.92 Å². The molecule has 3 heterocycles. The van der Waals surface area contributed by atoms with Crippen LogP contribution in [0.3, 0.4) is 0 Å². The van der Waals surface area contributed by atoms with Gasteiger partial charge in [0.25, 0.3) is 0 Å². The van der Waals surface area contributed by atoms with E-state index in [1.807, 2.05) is 18.2 Å². The van der Waals surface area contributed by atoms with Gasteiger partial charge in [0.2, 0.25) is 5.91 Å². The Bertz CT molecular complexity index is 1160. The van der Waals surface area contributed by atoms with E-state index in [0.29, 0.717) is 18.1 Å². The van der Waals surface area contributed by atoms with Crippen LogP contribution in [0, 0.1) is 12.8 Å². The lowest BCUT2D eigenvalue weighted by molar-refractivity contribution is -0.125. The summed E-state index contributed by atoms with van der Waals surface area (Å²) in [5, 5.41) is 3.81. The minimum absolute atomic E-state index is 0.00765. The number of nitrogens with one attached hydrogen (secondary N) is 2. The molecule has 1 amide bonds. The van der Waals surface area contributed by atoms with Crippen LogP contribution in [-0.2, 0) is 9.53 Å². The second-order valence-corrected chi connectivity index (χ2v) is 9.71. The molecule has 2 aromatic carbocycles. The van der Waals surface area contributed by atoms with Crippen molar-refractivity contribution in [3.8, 4) is 11.4 Å². The molecule has 8 heteroatoms. The summed E-state index contributed by atoms with van der Waals surface area (Å²) in [4.78, 5) is 25.7. The smallest absolute Gasteiger partial charge is 0.224 e. The summed E-state index contributed by atoms with van der Waals surface area (Å²) in [6, 6.07) is 12.2. The predicted molar refractivity (Wildman–Crippen MR) is 136 cm³/mol. The first kappa shape index (κ1) is 23.1. The van der Waals surface area contributed by atoms with Crippen LogP contribution in [0.15, 0.2) is 36.4 Å². The van der Waals surface area contributed by atoms with Gasteiger partial charge >= 0.3 is 0 Å². The number of aryl methyl sites for hydroxylation is 1. The lowest BCUT2D eigenvalue weighted by Gasteiger charge is -2.34. The third kappa shape index (κ3) is 5.22. The molecule has 180 valence electrons. The number of aromatic nitrogens is 2. The molecule has 7 nitrogen and oxygen atoms in total. The largest absolute Gasteiger partial charge is 0.379 e. The van der Waals surface area contributed by atoms with E-state index in [-0.39, 0.29) is 11.8 Å². The molecule has 2 aliphatic rings. The van der Waals surface area contributed by atoms with Crippen molar-refractivity contribution in [2.75, 3.05) is 57.4 Å². The van der Waals surface area contributed by atoms with Crippen LogP contribution >= 0.6 is 11.6 Å². The number of anilines is 1. The first-order chi connectivity index (χ1) is 16.6. The van der Waals surface area contributed by atoms with Crippen LogP contribution in [0.5, 0.6) is 0 Å². The first-order valence-corrected chi connectivity index (χ1v) is 12.5. The van der Waals surface area contributed by atoms with Crippen LogP contribution in [-0.4, -0.2) is 73.3 Å². The fourth-order valence-corrected chi connectivity index (χ4v) is 5.07. The van der Waals surface area contributed by atoms with Gasteiger partial charge < -0.3 is 19.9 Å². The highest BCUT2D eigenvalue weighted by Gasteiger charge is 2.26. The molecule has 0 bridgehead atoms. The van der Waals surface area contributed by atoms with Crippen molar-refractivity contribution in [3.05, 3.63) is 47.0 Å². The molecule has 2 saturated heterocycles. The van der Waals surface area contributed by atoms with Gasteiger partial charge in [-0.15, -0.1) is 0 Å². The van der Waals surface area contributed by atoms with Crippen LogP contribution in [0.2, 0.25) is 5.02 Å². The number of amides is 1. The summed E-state index contributed by atoms with van der Waals surface area (Å²) in [7, 11) is 0. The van der Waals surface area contributed by atoms with Gasteiger partial charge in [-0.25, -0.2) is 4.98 Å².